The first-order valence-electron chi connectivity index (χ1n) is 5.84. The molecule has 3 nitrogen and oxygen atoms in total. The van der Waals surface area contributed by atoms with E-state index < -0.39 is 0 Å². The average molecular weight is 256 g/mol. The quantitative estimate of drug-likeness (QED) is 0.838. The number of fused-ring (bicyclic) bond motifs is 1. The number of rotatable bonds is 2. The maximum absolute atomic E-state index is 11.9. The van der Waals surface area contributed by atoms with E-state index in [1.807, 2.05) is 12.1 Å². The number of amides is 1. The summed E-state index contributed by atoms with van der Waals surface area (Å²) >= 11 is 1.72. The van der Waals surface area contributed by atoms with E-state index in [0.717, 1.165) is 22.5 Å². The molecule has 0 saturated heterocycles. The molecule has 0 bridgehead atoms. The zero-order chi connectivity index (χ0) is 12.5. The molecular weight excluding hydrogens is 244 g/mol. The zero-order valence-corrected chi connectivity index (χ0v) is 10.8. The predicted octanol–water partition coefficient (Wildman–Crippen LogP) is 3.20. The molecule has 18 heavy (non-hydrogen) atoms. The zero-order valence-electron chi connectivity index (χ0n) is 9.93. The molecule has 0 aliphatic carbocycles. The standard InChI is InChI=1S/C14H12N2OS/c1-2-9-3-4-10(18-9)7-11-12-8-15-6-5-13(12)16-14(11)17/h3-8H,2H2,1H3,(H,16,17). The predicted molar refractivity (Wildman–Crippen MR) is 74.4 cm³/mol. The molecule has 2 aromatic rings. The third kappa shape index (κ3) is 1.84. The van der Waals surface area contributed by atoms with Crippen LogP contribution in [0.4, 0.5) is 5.69 Å². The summed E-state index contributed by atoms with van der Waals surface area (Å²) in [5.74, 6) is -0.0514. The second-order valence-electron chi connectivity index (χ2n) is 4.09. The molecular formula is C14H12N2OS. The average Bonchev–Trinajstić information content (AvgIpc) is 2.96. The van der Waals surface area contributed by atoms with E-state index in [9.17, 15) is 4.79 Å². The lowest BCUT2D eigenvalue weighted by Crippen LogP contribution is -2.03. The van der Waals surface area contributed by atoms with Gasteiger partial charge in [-0.05, 0) is 30.7 Å². The maximum Gasteiger partial charge on any atom is 0.256 e. The highest BCUT2D eigenvalue weighted by atomic mass is 32.1. The topological polar surface area (TPSA) is 42.0 Å². The molecule has 0 aromatic carbocycles. The van der Waals surface area contributed by atoms with Crippen molar-refractivity contribution < 1.29 is 4.79 Å². The molecule has 1 amide bonds. The van der Waals surface area contributed by atoms with Gasteiger partial charge < -0.3 is 5.32 Å². The highest BCUT2D eigenvalue weighted by Crippen LogP contribution is 2.33. The number of anilines is 1. The van der Waals surface area contributed by atoms with Gasteiger partial charge in [0.05, 0.1) is 11.3 Å². The number of aryl methyl sites for hydroxylation is 1. The van der Waals surface area contributed by atoms with Crippen molar-refractivity contribution in [1.29, 1.82) is 0 Å². The number of nitrogens with zero attached hydrogens (tertiary/aromatic N) is 1. The van der Waals surface area contributed by atoms with E-state index >= 15 is 0 Å². The van der Waals surface area contributed by atoms with Crippen LogP contribution in [0.3, 0.4) is 0 Å². The van der Waals surface area contributed by atoms with Crippen LogP contribution in [-0.4, -0.2) is 10.9 Å². The molecule has 90 valence electrons. The largest absolute Gasteiger partial charge is 0.321 e. The normalized spacial score (nSPS) is 15.8. The SMILES string of the molecule is CCc1ccc(C=C2C(=O)Nc3ccncc32)s1. The summed E-state index contributed by atoms with van der Waals surface area (Å²) < 4.78 is 0. The summed E-state index contributed by atoms with van der Waals surface area (Å²) in [6.45, 7) is 2.13. The fourth-order valence-corrected chi connectivity index (χ4v) is 2.87. The van der Waals surface area contributed by atoms with Crippen molar-refractivity contribution in [3.05, 3.63) is 45.9 Å². The first-order valence-corrected chi connectivity index (χ1v) is 6.65. The maximum atomic E-state index is 11.9. The molecule has 0 unspecified atom stereocenters. The molecule has 0 saturated carbocycles. The monoisotopic (exact) mass is 256 g/mol. The van der Waals surface area contributed by atoms with Crippen LogP contribution in [0.15, 0.2) is 30.6 Å². The Hall–Kier alpha value is -1.94. The number of nitrogens with one attached hydrogen (secondary N) is 1. The van der Waals surface area contributed by atoms with E-state index in [2.05, 4.69) is 29.4 Å². The second-order valence-corrected chi connectivity index (χ2v) is 5.29. The molecule has 0 spiro atoms. The summed E-state index contributed by atoms with van der Waals surface area (Å²) in [7, 11) is 0. The van der Waals surface area contributed by atoms with Crippen LogP contribution < -0.4 is 5.32 Å². The summed E-state index contributed by atoms with van der Waals surface area (Å²) in [4.78, 5) is 18.4. The number of pyridine rings is 1. The summed E-state index contributed by atoms with van der Waals surface area (Å²) in [6.07, 6.45) is 6.38. The van der Waals surface area contributed by atoms with Gasteiger partial charge in [0, 0.05) is 27.7 Å². The Morgan fingerprint density at radius 3 is 3.06 bits per heavy atom. The summed E-state index contributed by atoms with van der Waals surface area (Å²) in [5.41, 5.74) is 2.42. The number of carbonyl (C=O) groups excluding carboxylic acids is 1. The van der Waals surface area contributed by atoms with Crippen molar-refractivity contribution in [2.75, 3.05) is 5.32 Å². The molecule has 0 fully saturated rings. The van der Waals surface area contributed by atoms with Crippen molar-refractivity contribution in [1.82, 2.24) is 4.98 Å². The molecule has 1 aliphatic heterocycles. The van der Waals surface area contributed by atoms with Crippen molar-refractivity contribution in [2.45, 2.75) is 13.3 Å². The Balaban J connectivity index is 2.04. The van der Waals surface area contributed by atoms with Gasteiger partial charge in [-0.1, -0.05) is 6.92 Å². The van der Waals surface area contributed by atoms with Crippen LogP contribution in [0.2, 0.25) is 0 Å². The van der Waals surface area contributed by atoms with Crippen molar-refractivity contribution in [2.24, 2.45) is 0 Å². The van der Waals surface area contributed by atoms with Crippen LogP contribution in [0.25, 0.3) is 11.6 Å². The van der Waals surface area contributed by atoms with E-state index in [4.69, 9.17) is 0 Å². The lowest BCUT2D eigenvalue weighted by atomic mass is 10.1. The van der Waals surface area contributed by atoms with Gasteiger partial charge in [0.15, 0.2) is 0 Å². The third-order valence-electron chi connectivity index (χ3n) is 2.92. The van der Waals surface area contributed by atoms with Gasteiger partial charge in [0.1, 0.15) is 0 Å². The first kappa shape index (κ1) is 11.2. The Morgan fingerprint density at radius 1 is 1.39 bits per heavy atom. The van der Waals surface area contributed by atoms with E-state index in [-0.39, 0.29) is 5.91 Å². The molecule has 1 N–H and O–H groups in total. The Labute approximate surface area is 109 Å². The van der Waals surface area contributed by atoms with E-state index in [0.29, 0.717) is 5.57 Å². The van der Waals surface area contributed by atoms with Crippen LogP contribution in [-0.2, 0) is 11.2 Å². The Kier molecular flexibility index (Phi) is 2.72. The minimum absolute atomic E-state index is 0.0514. The minimum Gasteiger partial charge on any atom is -0.321 e. The number of hydrogen-bond acceptors (Lipinski definition) is 3. The fourth-order valence-electron chi connectivity index (χ4n) is 1.98. The third-order valence-corrected chi connectivity index (χ3v) is 4.10. The van der Waals surface area contributed by atoms with Crippen LogP contribution in [0.5, 0.6) is 0 Å². The smallest absolute Gasteiger partial charge is 0.256 e. The van der Waals surface area contributed by atoms with Gasteiger partial charge in [-0.3, -0.25) is 9.78 Å². The Morgan fingerprint density at radius 2 is 2.28 bits per heavy atom. The van der Waals surface area contributed by atoms with Gasteiger partial charge >= 0.3 is 0 Å². The minimum atomic E-state index is -0.0514. The molecule has 3 rings (SSSR count). The summed E-state index contributed by atoms with van der Waals surface area (Å²) in [5, 5.41) is 2.85. The van der Waals surface area contributed by atoms with Crippen LogP contribution >= 0.6 is 11.3 Å². The molecule has 0 atom stereocenters. The van der Waals surface area contributed by atoms with Crippen LogP contribution in [0.1, 0.15) is 22.2 Å². The molecule has 4 heteroatoms. The van der Waals surface area contributed by atoms with Crippen LogP contribution in [0, 0.1) is 0 Å². The van der Waals surface area contributed by atoms with Crippen molar-refractivity contribution >= 4 is 34.6 Å². The first-order chi connectivity index (χ1) is 8.78. The molecule has 0 radical (unpaired) electrons. The summed E-state index contributed by atoms with van der Waals surface area (Å²) in [6, 6.07) is 5.98. The van der Waals surface area contributed by atoms with Gasteiger partial charge in [0.25, 0.3) is 5.91 Å². The second kappa shape index (κ2) is 4.38. The number of carbonyl (C=O) groups is 1. The van der Waals surface area contributed by atoms with Gasteiger partial charge in [-0.2, -0.15) is 0 Å². The van der Waals surface area contributed by atoms with Crippen molar-refractivity contribution in [3.8, 4) is 0 Å². The van der Waals surface area contributed by atoms with Crippen molar-refractivity contribution in [3.63, 3.8) is 0 Å². The number of hydrogen-bond donors (Lipinski definition) is 1. The number of aromatic nitrogens is 1. The van der Waals surface area contributed by atoms with Gasteiger partial charge in [0.2, 0.25) is 0 Å². The van der Waals surface area contributed by atoms with E-state index in [1.54, 1.807) is 23.7 Å². The lowest BCUT2D eigenvalue weighted by Gasteiger charge is -1.95. The molecule has 1 aliphatic rings. The molecule has 2 aromatic heterocycles. The Bertz CT molecular complexity index is 643. The van der Waals surface area contributed by atoms with E-state index in [1.165, 1.54) is 4.88 Å². The highest BCUT2D eigenvalue weighted by molar-refractivity contribution is 7.13. The number of thiophene rings is 1. The van der Waals surface area contributed by atoms with Gasteiger partial charge in [-0.25, -0.2) is 0 Å². The van der Waals surface area contributed by atoms with Gasteiger partial charge in [-0.15, -0.1) is 11.3 Å². The fraction of sp³-hybridized carbons (Fsp3) is 0.143. The molecule has 3 heterocycles. The lowest BCUT2D eigenvalue weighted by molar-refractivity contribution is -0.110. The highest BCUT2D eigenvalue weighted by Gasteiger charge is 2.23.